The van der Waals surface area contributed by atoms with Gasteiger partial charge in [0.25, 0.3) is 0 Å². The highest BCUT2D eigenvalue weighted by Gasteiger charge is 2.10. The monoisotopic (exact) mass is 482 g/mol. The maximum Gasteiger partial charge on any atom is 0.343 e. The lowest BCUT2D eigenvalue weighted by atomic mass is 10.1. The highest BCUT2D eigenvalue weighted by atomic mass is 16.5. The minimum absolute atomic E-state index is 0.177. The molecule has 0 aliphatic carbocycles. The molecule has 0 aromatic heterocycles. The van der Waals surface area contributed by atoms with Gasteiger partial charge in [0.15, 0.2) is 0 Å². The van der Waals surface area contributed by atoms with E-state index in [1.807, 2.05) is 24.3 Å². The average Bonchev–Trinajstić information content (AvgIpc) is 2.87. The van der Waals surface area contributed by atoms with Gasteiger partial charge >= 0.3 is 5.97 Å². The van der Waals surface area contributed by atoms with Crippen molar-refractivity contribution in [1.82, 2.24) is 0 Å². The molecule has 0 unspecified atom stereocenters. The molecule has 0 amide bonds. The van der Waals surface area contributed by atoms with E-state index in [1.165, 1.54) is 70.6 Å². The van der Waals surface area contributed by atoms with Gasteiger partial charge in [0.1, 0.15) is 17.2 Å². The number of benzene rings is 2. The number of ether oxygens (including phenoxy) is 3. The van der Waals surface area contributed by atoms with E-state index in [9.17, 15) is 4.79 Å². The summed E-state index contributed by atoms with van der Waals surface area (Å²) in [7, 11) is 0. The minimum Gasteiger partial charge on any atom is -0.494 e. The molecule has 4 nitrogen and oxygen atoms in total. The van der Waals surface area contributed by atoms with E-state index in [1.54, 1.807) is 24.3 Å². The van der Waals surface area contributed by atoms with Crippen LogP contribution in [0.25, 0.3) is 0 Å². The van der Waals surface area contributed by atoms with Crippen molar-refractivity contribution in [1.29, 1.82) is 0 Å². The summed E-state index contributed by atoms with van der Waals surface area (Å²) >= 11 is 0. The second-order valence-corrected chi connectivity index (χ2v) is 9.49. The number of hydrogen-bond acceptors (Lipinski definition) is 4. The fourth-order valence-corrected chi connectivity index (χ4v) is 4.02. The molecule has 0 saturated heterocycles. The first-order chi connectivity index (χ1) is 17.1. The number of hydrogen-bond donors (Lipinski definition) is 0. The summed E-state index contributed by atoms with van der Waals surface area (Å²) in [4.78, 5) is 12.5. The third-order valence-corrected chi connectivity index (χ3v) is 6.19. The quantitative estimate of drug-likeness (QED) is 0.114. The van der Waals surface area contributed by atoms with E-state index in [4.69, 9.17) is 14.2 Å². The molecule has 0 spiro atoms. The molecule has 0 radical (unpaired) electrons. The predicted octanol–water partition coefficient (Wildman–Crippen LogP) is 9.16. The summed E-state index contributed by atoms with van der Waals surface area (Å²) in [5.41, 5.74) is 0.505. The summed E-state index contributed by atoms with van der Waals surface area (Å²) in [6.07, 6.45) is 16.4. The minimum atomic E-state index is -0.377. The number of carbonyl (C=O) groups excluding carboxylic acids is 1. The van der Waals surface area contributed by atoms with Gasteiger partial charge in [-0.25, -0.2) is 4.79 Å². The van der Waals surface area contributed by atoms with Crippen molar-refractivity contribution in [2.24, 2.45) is 0 Å². The van der Waals surface area contributed by atoms with Gasteiger partial charge in [-0.1, -0.05) is 78.1 Å². The van der Waals surface area contributed by atoms with Crippen molar-refractivity contribution < 1.29 is 19.0 Å². The van der Waals surface area contributed by atoms with Crippen LogP contribution < -0.4 is 14.2 Å². The van der Waals surface area contributed by atoms with Crippen molar-refractivity contribution >= 4 is 5.97 Å². The molecular weight excluding hydrogens is 436 g/mol. The van der Waals surface area contributed by atoms with E-state index >= 15 is 0 Å². The molecule has 0 fully saturated rings. The van der Waals surface area contributed by atoms with Crippen molar-refractivity contribution in [2.45, 2.75) is 110 Å². The zero-order valence-electron chi connectivity index (χ0n) is 22.2. The molecule has 2 aromatic rings. The van der Waals surface area contributed by atoms with E-state index in [0.29, 0.717) is 17.9 Å². The Kier molecular flexibility index (Phi) is 14.7. The lowest BCUT2D eigenvalue weighted by Gasteiger charge is -2.15. The zero-order valence-corrected chi connectivity index (χ0v) is 22.2. The topological polar surface area (TPSA) is 44.8 Å². The number of carbonyl (C=O) groups is 1. The Morgan fingerprint density at radius 1 is 0.657 bits per heavy atom. The Morgan fingerprint density at radius 3 is 1.80 bits per heavy atom. The standard InChI is InChI=1S/C31H46O4/c1-4-6-8-10-11-12-13-15-25-33-28-19-17-27(18-20-28)31(32)35-30-23-21-29(22-24-30)34-26(3)16-14-9-7-5-2/h17-24,26H,4-16,25H2,1-3H3/t26-/m0/s1. The number of rotatable bonds is 19. The van der Waals surface area contributed by atoms with Crippen molar-refractivity contribution in [2.75, 3.05) is 6.61 Å². The largest absolute Gasteiger partial charge is 0.494 e. The molecule has 194 valence electrons. The van der Waals surface area contributed by atoms with Gasteiger partial charge in [0, 0.05) is 0 Å². The van der Waals surface area contributed by atoms with Crippen LogP contribution in [0.5, 0.6) is 17.2 Å². The van der Waals surface area contributed by atoms with Gasteiger partial charge in [-0.2, -0.15) is 0 Å². The van der Waals surface area contributed by atoms with Gasteiger partial charge in [-0.05, 0) is 74.7 Å². The predicted molar refractivity (Wildman–Crippen MR) is 145 cm³/mol. The van der Waals surface area contributed by atoms with Gasteiger partial charge in [0.05, 0.1) is 18.3 Å². The van der Waals surface area contributed by atoms with E-state index in [-0.39, 0.29) is 12.1 Å². The molecule has 4 heteroatoms. The highest BCUT2D eigenvalue weighted by Crippen LogP contribution is 2.22. The van der Waals surface area contributed by atoms with Gasteiger partial charge in [0.2, 0.25) is 0 Å². The Balaban J connectivity index is 1.66. The molecule has 0 aliphatic heterocycles. The van der Waals surface area contributed by atoms with Crippen molar-refractivity contribution in [3.8, 4) is 17.2 Å². The molecule has 1 atom stereocenters. The third-order valence-electron chi connectivity index (χ3n) is 6.19. The van der Waals surface area contributed by atoms with E-state index in [0.717, 1.165) is 24.3 Å². The van der Waals surface area contributed by atoms with E-state index in [2.05, 4.69) is 20.8 Å². The molecule has 0 heterocycles. The van der Waals surface area contributed by atoms with Gasteiger partial charge < -0.3 is 14.2 Å². The lowest BCUT2D eigenvalue weighted by molar-refractivity contribution is 0.0734. The molecule has 0 saturated carbocycles. The zero-order chi connectivity index (χ0) is 25.1. The summed E-state index contributed by atoms with van der Waals surface area (Å²) < 4.78 is 17.3. The van der Waals surface area contributed by atoms with Crippen LogP contribution in [0.4, 0.5) is 0 Å². The molecule has 35 heavy (non-hydrogen) atoms. The first-order valence-corrected chi connectivity index (χ1v) is 13.8. The van der Waals surface area contributed by atoms with Gasteiger partial charge in [-0.3, -0.25) is 0 Å². The second-order valence-electron chi connectivity index (χ2n) is 9.49. The lowest BCUT2D eigenvalue weighted by Crippen LogP contribution is -2.11. The first kappa shape index (κ1) is 28.7. The molecular formula is C31H46O4. The Labute approximate surface area is 213 Å². The van der Waals surface area contributed by atoms with Crippen LogP contribution >= 0.6 is 0 Å². The molecule has 2 aromatic carbocycles. The Bertz CT molecular complexity index is 798. The van der Waals surface area contributed by atoms with Crippen LogP contribution in [0.3, 0.4) is 0 Å². The summed E-state index contributed by atoms with van der Waals surface area (Å²) in [6.45, 7) is 7.28. The second kappa shape index (κ2) is 17.9. The third kappa shape index (κ3) is 12.7. The van der Waals surface area contributed by atoms with Crippen LogP contribution in [0, 0.1) is 0 Å². The molecule has 2 rings (SSSR count). The molecule has 0 bridgehead atoms. The summed E-state index contributed by atoms with van der Waals surface area (Å²) in [5.74, 6) is 1.71. The van der Waals surface area contributed by atoms with Crippen LogP contribution in [-0.2, 0) is 0 Å². The van der Waals surface area contributed by atoms with Crippen LogP contribution in [-0.4, -0.2) is 18.7 Å². The van der Waals surface area contributed by atoms with Crippen molar-refractivity contribution in [3.63, 3.8) is 0 Å². The Hall–Kier alpha value is -2.49. The first-order valence-electron chi connectivity index (χ1n) is 13.8. The Morgan fingerprint density at radius 2 is 1.17 bits per heavy atom. The SMILES string of the molecule is CCCCCCCCCCOc1ccc(C(=O)Oc2ccc(O[C@@H](C)CCCCCC)cc2)cc1. The fourth-order valence-electron chi connectivity index (χ4n) is 4.02. The normalized spacial score (nSPS) is 11.7. The van der Waals surface area contributed by atoms with E-state index < -0.39 is 0 Å². The average molecular weight is 483 g/mol. The summed E-state index contributed by atoms with van der Waals surface area (Å²) in [5, 5.41) is 0. The molecule has 0 aliphatic rings. The van der Waals surface area contributed by atoms with Crippen LogP contribution in [0.1, 0.15) is 115 Å². The summed E-state index contributed by atoms with van der Waals surface area (Å²) in [6, 6.07) is 14.4. The van der Waals surface area contributed by atoms with Gasteiger partial charge in [-0.15, -0.1) is 0 Å². The fraction of sp³-hybridized carbons (Fsp3) is 0.581. The molecule has 0 N–H and O–H groups in total. The maximum atomic E-state index is 12.5. The smallest absolute Gasteiger partial charge is 0.343 e. The number of unbranched alkanes of at least 4 members (excludes halogenated alkanes) is 10. The van der Waals surface area contributed by atoms with Crippen molar-refractivity contribution in [3.05, 3.63) is 54.1 Å². The maximum absolute atomic E-state index is 12.5. The number of esters is 1. The van der Waals surface area contributed by atoms with Crippen LogP contribution in [0.2, 0.25) is 0 Å². The van der Waals surface area contributed by atoms with Crippen LogP contribution in [0.15, 0.2) is 48.5 Å². The highest BCUT2D eigenvalue weighted by molar-refractivity contribution is 5.91.